The molecular weight excluding hydrogens is 246 g/mol. The molecule has 10 heteroatoms. The summed E-state index contributed by atoms with van der Waals surface area (Å²) < 4.78 is 35.6. The van der Waals surface area contributed by atoms with Gasteiger partial charge in [0, 0.05) is 0 Å². The van der Waals surface area contributed by atoms with Crippen LogP contribution < -0.4 is 4.72 Å². The fourth-order valence-corrected chi connectivity index (χ4v) is 2.00. The van der Waals surface area contributed by atoms with Gasteiger partial charge < -0.3 is 25.2 Å². The van der Waals surface area contributed by atoms with E-state index in [-0.39, 0.29) is 0 Å². The van der Waals surface area contributed by atoms with Gasteiger partial charge in [-0.15, -0.1) is 0 Å². The van der Waals surface area contributed by atoms with E-state index in [1.54, 1.807) is 0 Å². The van der Waals surface area contributed by atoms with Crippen LogP contribution in [-0.2, 0) is 15.0 Å². The first kappa shape index (κ1) is 13.7. The molecule has 9 nitrogen and oxygen atoms in total. The zero-order chi connectivity index (χ0) is 12.5. The van der Waals surface area contributed by atoms with Gasteiger partial charge in [-0.1, -0.05) is 0 Å². The number of hydrogen-bond acceptors (Lipinski definition) is 7. The Hall–Kier alpha value is -0.330. The van der Waals surface area contributed by atoms with Crippen LogP contribution in [0.5, 0.6) is 0 Å². The molecule has 0 spiro atoms. The lowest BCUT2D eigenvalue weighted by Gasteiger charge is -2.39. The fourth-order valence-electron chi connectivity index (χ4n) is 1.40. The van der Waals surface area contributed by atoms with Crippen LogP contribution >= 0.6 is 0 Å². The molecule has 96 valence electrons. The molecule has 1 aliphatic heterocycles. The second kappa shape index (κ2) is 4.89. The van der Waals surface area contributed by atoms with Crippen molar-refractivity contribution >= 4 is 10.3 Å². The molecule has 1 saturated heterocycles. The van der Waals surface area contributed by atoms with Crippen molar-refractivity contribution in [2.24, 2.45) is 0 Å². The molecule has 16 heavy (non-hydrogen) atoms. The summed E-state index contributed by atoms with van der Waals surface area (Å²) in [6.07, 6.45) is -6.34. The highest BCUT2D eigenvalue weighted by Crippen LogP contribution is 2.19. The van der Waals surface area contributed by atoms with Crippen molar-refractivity contribution in [1.29, 1.82) is 0 Å². The highest BCUT2D eigenvalue weighted by atomic mass is 32.2. The van der Waals surface area contributed by atoms with Crippen molar-refractivity contribution in [2.75, 3.05) is 6.61 Å². The van der Waals surface area contributed by atoms with Gasteiger partial charge in [0.15, 0.2) is 6.29 Å². The van der Waals surface area contributed by atoms with Gasteiger partial charge >= 0.3 is 10.3 Å². The predicted molar refractivity (Wildman–Crippen MR) is 48.5 cm³/mol. The van der Waals surface area contributed by atoms with E-state index in [4.69, 9.17) is 9.66 Å². The van der Waals surface area contributed by atoms with Gasteiger partial charge in [0.2, 0.25) is 0 Å². The first-order valence-electron chi connectivity index (χ1n) is 4.31. The van der Waals surface area contributed by atoms with E-state index in [1.807, 2.05) is 0 Å². The minimum atomic E-state index is -4.66. The first-order valence-corrected chi connectivity index (χ1v) is 5.75. The summed E-state index contributed by atoms with van der Waals surface area (Å²) in [6, 6.07) is -1.62. The van der Waals surface area contributed by atoms with E-state index >= 15 is 0 Å². The maximum absolute atomic E-state index is 10.5. The van der Waals surface area contributed by atoms with Gasteiger partial charge in [-0.2, -0.15) is 13.1 Å². The number of nitrogens with one attached hydrogen (secondary N) is 1. The van der Waals surface area contributed by atoms with E-state index in [0.29, 0.717) is 0 Å². The zero-order valence-electron chi connectivity index (χ0n) is 7.96. The maximum Gasteiger partial charge on any atom is 0.333 e. The standard InChI is InChI=1S/C6H13NO8S/c8-1-2-4(9)5(10)3(6(11)15-2)7-16(12,13)14/h2-11H,1H2,(H,12,13,14). The Bertz CT molecular complexity index is 331. The van der Waals surface area contributed by atoms with Crippen LogP contribution in [0.2, 0.25) is 0 Å². The molecule has 0 saturated carbocycles. The minimum absolute atomic E-state index is 0.659. The summed E-state index contributed by atoms with van der Waals surface area (Å²) in [7, 11) is -4.66. The largest absolute Gasteiger partial charge is 0.394 e. The van der Waals surface area contributed by atoms with Crippen molar-refractivity contribution in [2.45, 2.75) is 30.6 Å². The zero-order valence-corrected chi connectivity index (χ0v) is 8.78. The molecule has 0 radical (unpaired) electrons. The van der Waals surface area contributed by atoms with Crippen molar-refractivity contribution < 1.29 is 38.1 Å². The lowest BCUT2D eigenvalue weighted by molar-refractivity contribution is -0.251. The average Bonchev–Trinajstić information content (AvgIpc) is 2.17. The Balaban J connectivity index is 2.80. The summed E-state index contributed by atoms with van der Waals surface area (Å²) in [4.78, 5) is 0. The molecule has 6 N–H and O–H groups in total. The summed E-state index contributed by atoms with van der Waals surface area (Å²) >= 11 is 0. The smallest absolute Gasteiger partial charge is 0.333 e. The first-order chi connectivity index (χ1) is 7.26. The lowest BCUT2D eigenvalue weighted by Crippen LogP contribution is -2.64. The molecule has 0 aromatic rings. The van der Waals surface area contributed by atoms with Gasteiger partial charge in [-0.3, -0.25) is 4.55 Å². The van der Waals surface area contributed by atoms with Crippen LogP contribution in [0, 0.1) is 0 Å². The normalized spacial score (nSPS) is 40.9. The van der Waals surface area contributed by atoms with Crippen LogP contribution in [0.4, 0.5) is 0 Å². The molecule has 5 atom stereocenters. The van der Waals surface area contributed by atoms with Gasteiger partial charge in [0.25, 0.3) is 0 Å². The monoisotopic (exact) mass is 259 g/mol. The Morgan fingerprint density at radius 3 is 2.19 bits per heavy atom. The second-order valence-corrected chi connectivity index (χ2v) is 4.53. The fraction of sp³-hybridized carbons (Fsp3) is 1.00. The van der Waals surface area contributed by atoms with Gasteiger partial charge in [0.1, 0.15) is 24.4 Å². The molecular formula is C6H13NO8S. The van der Waals surface area contributed by atoms with E-state index < -0.39 is 47.6 Å². The Kier molecular flexibility index (Phi) is 4.20. The maximum atomic E-state index is 10.5. The Morgan fingerprint density at radius 2 is 1.75 bits per heavy atom. The molecule has 1 aliphatic rings. The van der Waals surface area contributed by atoms with Gasteiger partial charge in [-0.25, -0.2) is 0 Å². The van der Waals surface area contributed by atoms with E-state index in [1.165, 1.54) is 4.72 Å². The van der Waals surface area contributed by atoms with Gasteiger partial charge in [-0.05, 0) is 0 Å². The quantitative estimate of drug-likeness (QED) is 0.281. The molecule has 1 heterocycles. The van der Waals surface area contributed by atoms with Crippen molar-refractivity contribution in [3.05, 3.63) is 0 Å². The number of aliphatic hydroxyl groups excluding tert-OH is 4. The summed E-state index contributed by atoms with van der Waals surface area (Å²) in [6.45, 7) is -0.659. The third-order valence-electron chi connectivity index (χ3n) is 2.19. The number of hydrogen-bond donors (Lipinski definition) is 6. The summed E-state index contributed by atoms with van der Waals surface area (Å²) in [5.41, 5.74) is 0. The van der Waals surface area contributed by atoms with Crippen LogP contribution in [0.3, 0.4) is 0 Å². The highest BCUT2D eigenvalue weighted by Gasteiger charge is 2.44. The van der Waals surface area contributed by atoms with Crippen molar-refractivity contribution in [3.63, 3.8) is 0 Å². The summed E-state index contributed by atoms with van der Waals surface area (Å²) in [5.74, 6) is 0. The van der Waals surface area contributed by atoms with Crippen molar-refractivity contribution in [1.82, 2.24) is 4.72 Å². The molecule has 0 amide bonds. The lowest BCUT2D eigenvalue weighted by atomic mass is 9.98. The Labute approximate surface area is 91.2 Å². The molecule has 1 fully saturated rings. The molecule has 0 aliphatic carbocycles. The second-order valence-electron chi connectivity index (χ2n) is 3.35. The van der Waals surface area contributed by atoms with Crippen LogP contribution in [-0.4, -0.2) is 70.6 Å². The minimum Gasteiger partial charge on any atom is -0.394 e. The average molecular weight is 259 g/mol. The molecule has 0 aromatic carbocycles. The molecule has 5 unspecified atom stereocenters. The van der Waals surface area contributed by atoms with E-state index in [9.17, 15) is 23.7 Å². The third kappa shape index (κ3) is 3.09. The molecule has 0 aromatic heterocycles. The van der Waals surface area contributed by atoms with Crippen LogP contribution in [0.25, 0.3) is 0 Å². The SMILES string of the molecule is O=S(=O)(O)NC1C(O)OC(CO)C(O)C1O. The number of rotatable bonds is 3. The van der Waals surface area contributed by atoms with E-state index in [2.05, 4.69) is 4.74 Å². The highest BCUT2D eigenvalue weighted by molar-refractivity contribution is 7.83. The van der Waals surface area contributed by atoms with E-state index in [0.717, 1.165) is 0 Å². The van der Waals surface area contributed by atoms with Crippen LogP contribution in [0.1, 0.15) is 0 Å². The summed E-state index contributed by atoms with van der Waals surface area (Å²) in [5, 5.41) is 36.8. The van der Waals surface area contributed by atoms with Crippen LogP contribution in [0.15, 0.2) is 0 Å². The number of aliphatic hydroxyl groups is 4. The molecule has 0 bridgehead atoms. The van der Waals surface area contributed by atoms with Crippen molar-refractivity contribution in [3.8, 4) is 0 Å². The predicted octanol–water partition coefficient (Wildman–Crippen LogP) is -3.82. The Morgan fingerprint density at radius 1 is 1.19 bits per heavy atom. The number of ether oxygens (including phenoxy) is 1. The molecule has 1 rings (SSSR count). The third-order valence-corrected chi connectivity index (χ3v) is 2.76. The topological polar surface area (TPSA) is 157 Å². The van der Waals surface area contributed by atoms with Gasteiger partial charge in [0.05, 0.1) is 6.61 Å².